The Bertz CT molecular complexity index is 390. The second kappa shape index (κ2) is 4.77. The Balaban J connectivity index is 2.03. The summed E-state index contributed by atoms with van der Waals surface area (Å²) in [4.78, 5) is 0. The summed E-state index contributed by atoms with van der Waals surface area (Å²) >= 11 is 0. The molecule has 0 fully saturated rings. The third-order valence-electron chi connectivity index (χ3n) is 4.05. The molecule has 94 valence electrons. The molecule has 1 aromatic carbocycles. The summed E-state index contributed by atoms with van der Waals surface area (Å²) in [5.41, 5.74) is 5.61. The number of benzene rings is 1. The summed E-state index contributed by atoms with van der Waals surface area (Å²) in [5, 5.41) is 0. The highest BCUT2D eigenvalue weighted by Gasteiger charge is 2.34. The van der Waals surface area contributed by atoms with Gasteiger partial charge in [0.15, 0.2) is 0 Å². The summed E-state index contributed by atoms with van der Waals surface area (Å²) in [6.45, 7) is 4.14. The number of methoxy groups -OCH3 is 1. The summed E-state index contributed by atoms with van der Waals surface area (Å²) in [7, 11) is 1.74. The van der Waals surface area contributed by atoms with E-state index in [4.69, 9.17) is 10.6 Å². The Morgan fingerprint density at radius 1 is 1.47 bits per heavy atom. The summed E-state index contributed by atoms with van der Waals surface area (Å²) < 4.78 is 5.51. The van der Waals surface area contributed by atoms with Gasteiger partial charge in [-0.1, -0.05) is 24.3 Å². The van der Waals surface area contributed by atoms with Gasteiger partial charge in [-0.2, -0.15) is 0 Å². The Morgan fingerprint density at radius 3 is 2.76 bits per heavy atom. The molecule has 2 unspecified atom stereocenters. The molecule has 1 aromatic rings. The van der Waals surface area contributed by atoms with Crippen molar-refractivity contribution in [3.05, 3.63) is 35.4 Å². The third kappa shape index (κ3) is 2.37. The molecule has 2 atom stereocenters. The van der Waals surface area contributed by atoms with Crippen LogP contribution in [-0.4, -0.2) is 18.8 Å². The first-order valence-corrected chi connectivity index (χ1v) is 6.17. The molecule has 1 aliphatic rings. The van der Waals surface area contributed by atoms with Crippen molar-refractivity contribution in [1.29, 1.82) is 0 Å². The minimum absolute atomic E-state index is 0.172. The largest absolute Gasteiger partial charge is 0.377 e. The fourth-order valence-corrected chi connectivity index (χ4v) is 2.55. The van der Waals surface area contributed by atoms with E-state index in [1.54, 1.807) is 7.11 Å². The Labute approximate surface area is 103 Å². The quantitative estimate of drug-likeness (QED) is 0.605. The van der Waals surface area contributed by atoms with Crippen LogP contribution in [0.2, 0.25) is 0 Å². The molecule has 0 saturated heterocycles. The minimum Gasteiger partial charge on any atom is -0.377 e. The molecule has 0 amide bonds. The highest BCUT2D eigenvalue weighted by Crippen LogP contribution is 2.39. The van der Waals surface area contributed by atoms with Gasteiger partial charge in [-0.05, 0) is 43.7 Å². The van der Waals surface area contributed by atoms with Gasteiger partial charge in [0.1, 0.15) is 0 Å². The topological polar surface area (TPSA) is 47.3 Å². The van der Waals surface area contributed by atoms with Gasteiger partial charge in [0.05, 0.1) is 11.6 Å². The van der Waals surface area contributed by atoms with Gasteiger partial charge in [0.25, 0.3) is 0 Å². The molecule has 3 N–H and O–H groups in total. The fraction of sp³-hybridized carbons (Fsp3) is 0.571. The van der Waals surface area contributed by atoms with Crippen molar-refractivity contribution in [2.75, 3.05) is 7.11 Å². The first-order valence-electron chi connectivity index (χ1n) is 6.17. The van der Waals surface area contributed by atoms with Crippen LogP contribution in [0.25, 0.3) is 0 Å². The van der Waals surface area contributed by atoms with Crippen molar-refractivity contribution in [2.45, 2.75) is 44.2 Å². The minimum atomic E-state index is -0.237. The van der Waals surface area contributed by atoms with Gasteiger partial charge in [0, 0.05) is 7.11 Å². The first kappa shape index (κ1) is 12.6. The number of ether oxygens (including phenoxy) is 1. The number of hydrazine groups is 1. The van der Waals surface area contributed by atoms with Crippen LogP contribution in [0.1, 0.15) is 37.3 Å². The zero-order valence-corrected chi connectivity index (χ0v) is 10.9. The highest BCUT2D eigenvalue weighted by atomic mass is 16.5. The van der Waals surface area contributed by atoms with Crippen LogP contribution in [0.15, 0.2) is 24.3 Å². The van der Waals surface area contributed by atoms with E-state index < -0.39 is 0 Å². The third-order valence-corrected chi connectivity index (χ3v) is 4.05. The number of fused-ring (bicyclic) bond motifs is 1. The molecule has 1 aliphatic carbocycles. The number of hydrogen-bond acceptors (Lipinski definition) is 3. The predicted octanol–water partition coefficient (Wildman–Crippen LogP) is 1.97. The molecule has 3 heteroatoms. The van der Waals surface area contributed by atoms with Gasteiger partial charge in [-0.25, -0.2) is 0 Å². The molecule has 17 heavy (non-hydrogen) atoms. The van der Waals surface area contributed by atoms with Crippen molar-refractivity contribution in [2.24, 2.45) is 5.84 Å². The van der Waals surface area contributed by atoms with Crippen molar-refractivity contribution >= 4 is 0 Å². The van der Waals surface area contributed by atoms with Crippen LogP contribution in [0.5, 0.6) is 0 Å². The van der Waals surface area contributed by atoms with Crippen LogP contribution in [-0.2, 0) is 11.2 Å². The van der Waals surface area contributed by atoms with E-state index in [1.165, 1.54) is 11.1 Å². The molecule has 0 bridgehead atoms. The van der Waals surface area contributed by atoms with E-state index in [9.17, 15) is 0 Å². The Hall–Kier alpha value is -0.900. The van der Waals surface area contributed by atoms with Gasteiger partial charge in [0.2, 0.25) is 0 Å². The summed E-state index contributed by atoms with van der Waals surface area (Å²) in [5.74, 6) is 6.26. The van der Waals surface area contributed by atoms with E-state index in [-0.39, 0.29) is 11.6 Å². The zero-order valence-electron chi connectivity index (χ0n) is 10.9. The van der Waals surface area contributed by atoms with Gasteiger partial charge in [-0.3, -0.25) is 11.3 Å². The van der Waals surface area contributed by atoms with E-state index in [2.05, 4.69) is 43.5 Å². The maximum Gasteiger partial charge on any atom is 0.0788 e. The second-order valence-corrected chi connectivity index (χ2v) is 5.36. The molecule has 0 radical (unpaired) electrons. The van der Waals surface area contributed by atoms with Crippen LogP contribution in [0.4, 0.5) is 0 Å². The van der Waals surface area contributed by atoms with Gasteiger partial charge in [-0.15, -0.1) is 0 Å². The molecule has 2 rings (SSSR count). The van der Waals surface area contributed by atoms with Crippen molar-refractivity contribution in [1.82, 2.24) is 5.43 Å². The van der Waals surface area contributed by atoms with E-state index >= 15 is 0 Å². The number of hydrogen-bond donors (Lipinski definition) is 2. The first-order chi connectivity index (χ1) is 8.08. The molecule has 0 spiro atoms. The molecule has 0 aliphatic heterocycles. The molecular formula is C14H22N2O. The molecule has 3 nitrogen and oxygen atoms in total. The zero-order chi connectivity index (χ0) is 12.5. The standard InChI is InChI=1S/C14H22N2O/c1-14(2,17-3)13(16-15)9-11-8-10-6-4-5-7-12(10)11/h4-7,11,13,16H,8-9,15H2,1-3H3. The van der Waals surface area contributed by atoms with Crippen LogP contribution in [0.3, 0.4) is 0 Å². The van der Waals surface area contributed by atoms with Crippen molar-refractivity contribution < 1.29 is 4.74 Å². The monoisotopic (exact) mass is 234 g/mol. The highest BCUT2D eigenvalue weighted by molar-refractivity contribution is 5.40. The van der Waals surface area contributed by atoms with Crippen LogP contribution < -0.4 is 11.3 Å². The normalized spacial score (nSPS) is 20.6. The smallest absolute Gasteiger partial charge is 0.0788 e. The van der Waals surface area contributed by atoms with Crippen LogP contribution in [0, 0.1) is 0 Å². The lowest BCUT2D eigenvalue weighted by molar-refractivity contribution is -0.0150. The van der Waals surface area contributed by atoms with Gasteiger partial charge >= 0.3 is 0 Å². The maximum atomic E-state index is 5.65. The van der Waals surface area contributed by atoms with Crippen LogP contribution >= 0.6 is 0 Å². The molecule has 0 saturated carbocycles. The van der Waals surface area contributed by atoms with E-state index in [1.807, 2.05) is 0 Å². The number of nitrogens with two attached hydrogens (primary N) is 1. The molecule has 0 aromatic heterocycles. The SMILES string of the molecule is COC(C)(C)C(CC1Cc2ccccc21)NN. The Morgan fingerprint density at radius 2 is 2.18 bits per heavy atom. The lowest BCUT2D eigenvalue weighted by atomic mass is 9.73. The Kier molecular flexibility index (Phi) is 3.52. The average molecular weight is 234 g/mol. The lowest BCUT2D eigenvalue weighted by Gasteiger charge is -2.38. The fourth-order valence-electron chi connectivity index (χ4n) is 2.55. The van der Waals surface area contributed by atoms with Crippen molar-refractivity contribution in [3.63, 3.8) is 0 Å². The van der Waals surface area contributed by atoms with E-state index in [0.717, 1.165) is 12.8 Å². The van der Waals surface area contributed by atoms with E-state index in [0.29, 0.717) is 5.92 Å². The summed E-state index contributed by atoms with van der Waals surface area (Å²) in [6.07, 6.45) is 2.18. The molecular weight excluding hydrogens is 212 g/mol. The van der Waals surface area contributed by atoms with Crippen molar-refractivity contribution in [3.8, 4) is 0 Å². The number of rotatable bonds is 5. The maximum absolute atomic E-state index is 5.65. The molecule has 0 heterocycles. The number of nitrogens with one attached hydrogen (secondary N) is 1. The predicted molar refractivity (Wildman–Crippen MR) is 69.7 cm³/mol. The second-order valence-electron chi connectivity index (χ2n) is 5.36. The summed E-state index contributed by atoms with van der Waals surface area (Å²) in [6, 6.07) is 8.81. The average Bonchev–Trinajstić information content (AvgIpc) is 2.30. The van der Waals surface area contributed by atoms with Gasteiger partial charge < -0.3 is 4.74 Å². The lowest BCUT2D eigenvalue weighted by Crippen LogP contribution is -2.52.